The summed E-state index contributed by atoms with van der Waals surface area (Å²) in [6, 6.07) is 15.8. The fourth-order valence-corrected chi connectivity index (χ4v) is 3.74. The number of nitrogens with one attached hydrogen (secondary N) is 1. The average Bonchev–Trinajstić information content (AvgIpc) is 2.92. The summed E-state index contributed by atoms with van der Waals surface area (Å²) in [4.78, 5) is 39.0. The molecule has 2 amide bonds. The predicted molar refractivity (Wildman–Crippen MR) is 110 cm³/mol. The maximum atomic E-state index is 12.6. The number of anilines is 2. The number of ether oxygens (including phenoxy) is 1. The molecule has 0 spiro atoms. The minimum atomic E-state index is -0.655. The molecule has 0 radical (unpaired) electrons. The molecule has 8 heteroatoms. The van der Waals surface area contributed by atoms with Crippen molar-refractivity contribution in [2.45, 2.75) is 17.7 Å². The summed E-state index contributed by atoms with van der Waals surface area (Å²) in [7, 11) is 0. The van der Waals surface area contributed by atoms with Gasteiger partial charge in [-0.1, -0.05) is 18.2 Å². The number of thioether (sulfide) groups is 1. The highest BCUT2D eigenvalue weighted by atomic mass is 32.2. The van der Waals surface area contributed by atoms with Crippen LogP contribution in [-0.2, 0) is 14.3 Å². The van der Waals surface area contributed by atoms with Gasteiger partial charge in [0.15, 0.2) is 6.61 Å². The van der Waals surface area contributed by atoms with Crippen LogP contribution in [-0.4, -0.2) is 36.7 Å². The molecule has 0 saturated carbocycles. The molecular weight excluding hydrogens is 390 g/mol. The van der Waals surface area contributed by atoms with E-state index >= 15 is 0 Å². The molecule has 0 unspecified atom stereocenters. The van der Waals surface area contributed by atoms with Gasteiger partial charge in [0.1, 0.15) is 0 Å². The molecule has 29 heavy (non-hydrogen) atoms. The van der Waals surface area contributed by atoms with E-state index < -0.39 is 18.5 Å². The molecule has 3 rings (SSSR count). The van der Waals surface area contributed by atoms with Crippen molar-refractivity contribution in [2.24, 2.45) is 0 Å². The molecule has 0 bridgehead atoms. The first-order chi connectivity index (χ1) is 14.1. The van der Waals surface area contributed by atoms with Gasteiger partial charge in [0.25, 0.3) is 5.91 Å². The fourth-order valence-electron chi connectivity index (χ4n) is 2.80. The molecule has 0 atom stereocenters. The summed E-state index contributed by atoms with van der Waals surface area (Å²) >= 11 is 1.54. The molecule has 1 heterocycles. The highest BCUT2D eigenvalue weighted by Gasteiger charge is 2.20. The summed E-state index contributed by atoms with van der Waals surface area (Å²) in [6.45, 7) is -0.240. The van der Waals surface area contributed by atoms with Crippen LogP contribution < -0.4 is 10.2 Å². The summed E-state index contributed by atoms with van der Waals surface area (Å²) < 4.78 is 5.19. The van der Waals surface area contributed by atoms with E-state index in [1.165, 1.54) is 16.7 Å². The first-order valence-corrected chi connectivity index (χ1v) is 10.0. The van der Waals surface area contributed by atoms with Crippen LogP contribution in [0, 0.1) is 11.3 Å². The summed E-state index contributed by atoms with van der Waals surface area (Å²) in [5.41, 5.74) is 1.45. The van der Waals surface area contributed by atoms with Gasteiger partial charge in [0.2, 0.25) is 5.91 Å². The first-order valence-electron chi connectivity index (χ1n) is 9.04. The number of hydrogen-bond acceptors (Lipinski definition) is 6. The van der Waals surface area contributed by atoms with Crippen molar-refractivity contribution >= 4 is 40.9 Å². The molecule has 7 nitrogen and oxygen atoms in total. The van der Waals surface area contributed by atoms with Gasteiger partial charge in [-0.25, -0.2) is 4.79 Å². The number of nitrogens with zero attached hydrogens (tertiary/aromatic N) is 2. The number of nitriles is 1. The van der Waals surface area contributed by atoms with Crippen LogP contribution in [0.15, 0.2) is 53.4 Å². The zero-order valence-corrected chi connectivity index (χ0v) is 16.4. The van der Waals surface area contributed by atoms with Gasteiger partial charge in [0, 0.05) is 29.3 Å². The minimum absolute atomic E-state index is 0.104. The number of amides is 2. The lowest BCUT2D eigenvalue weighted by atomic mass is 10.2. The number of rotatable bonds is 6. The second-order valence-corrected chi connectivity index (χ2v) is 7.36. The summed E-state index contributed by atoms with van der Waals surface area (Å²) in [5, 5.41) is 11.6. The van der Waals surface area contributed by atoms with Crippen LogP contribution in [0.3, 0.4) is 0 Å². The number of hydrogen-bond donors (Lipinski definition) is 1. The van der Waals surface area contributed by atoms with Gasteiger partial charge in [-0.15, -0.1) is 11.8 Å². The van der Waals surface area contributed by atoms with Gasteiger partial charge in [-0.05, 0) is 30.3 Å². The van der Waals surface area contributed by atoms with Crippen LogP contribution in [0.5, 0.6) is 0 Å². The Bertz CT molecular complexity index is 956. The van der Waals surface area contributed by atoms with Gasteiger partial charge >= 0.3 is 5.97 Å². The zero-order chi connectivity index (χ0) is 20.6. The van der Waals surface area contributed by atoms with E-state index in [1.54, 1.807) is 42.5 Å². The summed E-state index contributed by atoms with van der Waals surface area (Å²) in [6.07, 6.45) is 0.572. The SMILES string of the molecule is N#CCCN(C(=O)COC(=O)c1ccc2c(c1)NC(=O)CCS2)c1ccccc1. The molecule has 1 N–H and O–H groups in total. The minimum Gasteiger partial charge on any atom is -0.452 e. The van der Waals surface area contributed by atoms with E-state index in [0.29, 0.717) is 23.5 Å². The Hall–Kier alpha value is -3.31. The first kappa shape index (κ1) is 20.4. The average molecular weight is 409 g/mol. The third kappa shape index (κ3) is 5.36. The predicted octanol–water partition coefficient (Wildman–Crippen LogP) is 3.22. The number of carbonyl (C=O) groups excluding carboxylic acids is 3. The van der Waals surface area contributed by atoms with E-state index in [-0.39, 0.29) is 24.4 Å². The fraction of sp³-hybridized carbons (Fsp3) is 0.238. The van der Waals surface area contributed by atoms with Crippen LogP contribution in [0.25, 0.3) is 0 Å². The van der Waals surface area contributed by atoms with Crippen LogP contribution in [0.2, 0.25) is 0 Å². The zero-order valence-electron chi connectivity index (χ0n) is 15.6. The smallest absolute Gasteiger partial charge is 0.338 e. The Labute approximate surface area is 172 Å². The monoisotopic (exact) mass is 409 g/mol. The van der Waals surface area contributed by atoms with E-state index in [1.807, 2.05) is 12.1 Å². The van der Waals surface area contributed by atoms with E-state index in [0.717, 1.165) is 4.90 Å². The molecule has 2 aromatic rings. The number of carbonyl (C=O) groups is 3. The molecular formula is C21H19N3O4S. The molecule has 148 valence electrons. The van der Waals surface area contributed by atoms with E-state index in [2.05, 4.69) is 5.32 Å². The Morgan fingerprint density at radius 3 is 2.76 bits per heavy atom. The largest absolute Gasteiger partial charge is 0.452 e. The topological polar surface area (TPSA) is 99.5 Å². The Morgan fingerprint density at radius 2 is 2.00 bits per heavy atom. The molecule has 0 aromatic heterocycles. The third-order valence-corrected chi connectivity index (χ3v) is 5.29. The van der Waals surface area contributed by atoms with Crippen molar-refractivity contribution < 1.29 is 19.1 Å². The molecule has 0 aliphatic carbocycles. The molecule has 0 fully saturated rings. The van der Waals surface area contributed by atoms with Crippen LogP contribution in [0.4, 0.5) is 11.4 Å². The van der Waals surface area contributed by atoms with Crippen molar-refractivity contribution in [1.29, 1.82) is 5.26 Å². The van der Waals surface area contributed by atoms with Gasteiger partial charge in [-0.2, -0.15) is 5.26 Å². The highest BCUT2D eigenvalue weighted by Crippen LogP contribution is 2.31. The Balaban J connectivity index is 1.67. The number of esters is 1. The van der Waals surface area contributed by atoms with Crippen molar-refractivity contribution in [2.75, 3.05) is 29.1 Å². The lowest BCUT2D eigenvalue weighted by Crippen LogP contribution is -2.35. The van der Waals surface area contributed by atoms with Gasteiger partial charge in [0.05, 0.1) is 23.7 Å². The summed E-state index contributed by atoms with van der Waals surface area (Å²) in [5.74, 6) is -0.501. The molecule has 1 aliphatic heterocycles. The standard InChI is InChI=1S/C21H19N3O4S/c22-10-4-11-24(16-5-2-1-3-6-16)20(26)14-28-21(27)15-7-8-18-17(13-15)23-19(25)9-12-29-18/h1-3,5-8,13H,4,9,11-12,14H2,(H,23,25). The maximum Gasteiger partial charge on any atom is 0.338 e. The Morgan fingerprint density at radius 1 is 1.21 bits per heavy atom. The second-order valence-electron chi connectivity index (χ2n) is 6.22. The lowest BCUT2D eigenvalue weighted by molar-refractivity contribution is -0.121. The second kappa shape index (κ2) is 9.75. The normalized spacial score (nSPS) is 12.7. The lowest BCUT2D eigenvalue weighted by Gasteiger charge is -2.21. The maximum absolute atomic E-state index is 12.6. The van der Waals surface area contributed by atoms with Crippen molar-refractivity contribution in [3.8, 4) is 6.07 Å². The van der Waals surface area contributed by atoms with Crippen LogP contribution >= 0.6 is 11.8 Å². The van der Waals surface area contributed by atoms with E-state index in [9.17, 15) is 14.4 Å². The van der Waals surface area contributed by atoms with Gasteiger partial charge < -0.3 is 15.0 Å². The highest BCUT2D eigenvalue weighted by molar-refractivity contribution is 7.99. The Kier molecular flexibility index (Phi) is 6.87. The quantitative estimate of drug-likeness (QED) is 0.736. The molecule has 1 aliphatic rings. The van der Waals surface area contributed by atoms with E-state index in [4.69, 9.17) is 10.00 Å². The van der Waals surface area contributed by atoms with Crippen molar-refractivity contribution in [3.05, 3.63) is 54.1 Å². The number of fused-ring (bicyclic) bond motifs is 1. The molecule has 0 saturated heterocycles. The third-order valence-electron chi connectivity index (χ3n) is 4.22. The number of benzene rings is 2. The van der Waals surface area contributed by atoms with Crippen molar-refractivity contribution in [3.63, 3.8) is 0 Å². The van der Waals surface area contributed by atoms with Crippen molar-refractivity contribution in [1.82, 2.24) is 0 Å². The number of para-hydroxylation sites is 1. The molecule has 2 aromatic carbocycles. The van der Waals surface area contributed by atoms with Gasteiger partial charge in [-0.3, -0.25) is 9.59 Å². The van der Waals surface area contributed by atoms with Crippen LogP contribution in [0.1, 0.15) is 23.2 Å².